The molecule has 1 rings (SSSR count). The number of rotatable bonds is 9. The van der Waals surface area contributed by atoms with Gasteiger partial charge in [0.2, 0.25) is 0 Å². The molecule has 124 valence electrons. The highest BCUT2D eigenvalue weighted by atomic mass is 35.5. The van der Waals surface area contributed by atoms with Crippen molar-refractivity contribution in [1.29, 1.82) is 0 Å². The van der Waals surface area contributed by atoms with E-state index in [0.717, 1.165) is 32.2 Å². The van der Waals surface area contributed by atoms with Crippen LogP contribution in [-0.2, 0) is 4.74 Å². The van der Waals surface area contributed by atoms with E-state index in [1.54, 1.807) is 12.1 Å². The molecular formula is C16H23Cl2NO3. The van der Waals surface area contributed by atoms with E-state index in [-0.39, 0.29) is 16.3 Å². The Kier molecular flexibility index (Phi) is 8.61. The molecule has 4 nitrogen and oxygen atoms in total. The normalized spacial score (nSPS) is 10.8. The molecule has 0 saturated heterocycles. The number of carbonyl (C=O) groups excluding carboxylic acids is 1. The second kappa shape index (κ2) is 9.93. The van der Waals surface area contributed by atoms with Crippen LogP contribution in [0.4, 0.5) is 0 Å². The summed E-state index contributed by atoms with van der Waals surface area (Å²) in [4.78, 5) is 14.3. The summed E-state index contributed by atoms with van der Waals surface area (Å²) in [5, 5.41) is 0.611. The van der Waals surface area contributed by atoms with Crippen LogP contribution in [0, 0.1) is 0 Å². The summed E-state index contributed by atoms with van der Waals surface area (Å²) in [6.07, 6.45) is 4.13. The average molecular weight is 348 g/mol. The van der Waals surface area contributed by atoms with Crippen molar-refractivity contribution in [3.63, 3.8) is 0 Å². The Morgan fingerprint density at radius 3 is 2.36 bits per heavy atom. The summed E-state index contributed by atoms with van der Waals surface area (Å²) >= 11 is 12.0. The molecule has 0 unspecified atom stereocenters. The first-order chi connectivity index (χ1) is 10.5. The number of benzene rings is 1. The largest absolute Gasteiger partial charge is 0.494 e. The van der Waals surface area contributed by atoms with E-state index in [1.165, 1.54) is 7.11 Å². The predicted molar refractivity (Wildman–Crippen MR) is 90.3 cm³/mol. The van der Waals surface area contributed by atoms with Crippen molar-refractivity contribution in [2.24, 2.45) is 0 Å². The molecule has 0 aliphatic carbocycles. The Balaban J connectivity index is 2.42. The van der Waals surface area contributed by atoms with Crippen molar-refractivity contribution in [3.05, 3.63) is 27.7 Å². The first kappa shape index (κ1) is 19.1. The molecule has 22 heavy (non-hydrogen) atoms. The van der Waals surface area contributed by atoms with Gasteiger partial charge in [-0.05, 0) is 45.6 Å². The van der Waals surface area contributed by atoms with Gasteiger partial charge in [0.05, 0.1) is 23.8 Å². The van der Waals surface area contributed by atoms with E-state index in [9.17, 15) is 4.79 Å². The minimum Gasteiger partial charge on any atom is -0.494 e. The Morgan fingerprint density at radius 1 is 1.09 bits per heavy atom. The molecule has 0 saturated carbocycles. The molecular weight excluding hydrogens is 325 g/mol. The number of nitrogens with zero attached hydrogens (tertiary/aromatic N) is 1. The maximum atomic E-state index is 12.1. The lowest BCUT2D eigenvalue weighted by molar-refractivity contribution is 0.0494. The maximum absolute atomic E-state index is 12.1. The molecule has 0 heterocycles. The van der Waals surface area contributed by atoms with Crippen molar-refractivity contribution in [1.82, 2.24) is 4.90 Å². The smallest absolute Gasteiger partial charge is 0.343 e. The van der Waals surface area contributed by atoms with Crippen molar-refractivity contribution in [2.45, 2.75) is 25.7 Å². The number of unbranched alkanes of at least 4 members (excludes halogenated alkanes) is 3. The van der Waals surface area contributed by atoms with Crippen molar-refractivity contribution in [3.8, 4) is 5.75 Å². The second-order valence-corrected chi connectivity index (χ2v) is 6.11. The quantitative estimate of drug-likeness (QED) is 0.493. The molecule has 0 aliphatic heterocycles. The van der Waals surface area contributed by atoms with E-state index in [1.807, 2.05) is 0 Å². The second-order valence-electron chi connectivity index (χ2n) is 5.29. The molecule has 0 fully saturated rings. The first-order valence-corrected chi connectivity index (χ1v) is 8.06. The molecule has 0 radical (unpaired) electrons. The highest BCUT2D eigenvalue weighted by Gasteiger charge is 2.20. The number of esters is 1. The lowest BCUT2D eigenvalue weighted by Crippen LogP contribution is -2.12. The summed E-state index contributed by atoms with van der Waals surface area (Å²) in [5.41, 5.74) is 0.185. The summed E-state index contributed by atoms with van der Waals surface area (Å²) in [5.74, 6) is -0.247. The molecule has 0 aliphatic rings. The van der Waals surface area contributed by atoms with Crippen LogP contribution in [0.5, 0.6) is 5.75 Å². The Morgan fingerprint density at radius 2 is 1.73 bits per heavy atom. The van der Waals surface area contributed by atoms with Crippen LogP contribution in [0.1, 0.15) is 36.0 Å². The van der Waals surface area contributed by atoms with Crippen LogP contribution in [-0.4, -0.2) is 45.2 Å². The Hall–Kier alpha value is -0.970. The molecule has 0 amide bonds. The molecule has 0 atom stereocenters. The maximum Gasteiger partial charge on any atom is 0.343 e. The minimum absolute atomic E-state index is 0.185. The van der Waals surface area contributed by atoms with Gasteiger partial charge in [0.1, 0.15) is 5.56 Å². The topological polar surface area (TPSA) is 38.8 Å². The number of halogens is 2. The summed E-state index contributed by atoms with van der Waals surface area (Å²) < 4.78 is 10.4. The molecule has 0 N–H and O–H groups in total. The molecule has 1 aromatic rings. The zero-order valence-corrected chi connectivity index (χ0v) is 14.8. The van der Waals surface area contributed by atoms with E-state index >= 15 is 0 Å². The first-order valence-electron chi connectivity index (χ1n) is 7.31. The van der Waals surface area contributed by atoms with Crippen LogP contribution in [0.2, 0.25) is 10.0 Å². The monoisotopic (exact) mass is 347 g/mol. The van der Waals surface area contributed by atoms with Gasteiger partial charge < -0.3 is 14.4 Å². The third-order valence-corrected chi connectivity index (χ3v) is 3.81. The summed E-state index contributed by atoms with van der Waals surface area (Å²) in [6, 6.07) is 3.15. The third-order valence-electron chi connectivity index (χ3n) is 3.20. The van der Waals surface area contributed by atoms with E-state index < -0.39 is 5.97 Å². The van der Waals surface area contributed by atoms with Gasteiger partial charge in [-0.15, -0.1) is 0 Å². The van der Waals surface area contributed by atoms with Gasteiger partial charge in [-0.3, -0.25) is 0 Å². The SMILES string of the molecule is COc1c(Cl)ccc(Cl)c1C(=O)OCCCCCCN(C)C. The number of hydrogen-bond donors (Lipinski definition) is 0. The number of hydrogen-bond acceptors (Lipinski definition) is 4. The highest BCUT2D eigenvalue weighted by molar-refractivity contribution is 6.37. The van der Waals surface area contributed by atoms with E-state index in [2.05, 4.69) is 19.0 Å². The van der Waals surface area contributed by atoms with Gasteiger partial charge in [-0.25, -0.2) is 4.79 Å². The van der Waals surface area contributed by atoms with Gasteiger partial charge in [-0.1, -0.05) is 36.0 Å². The fraction of sp³-hybridized carbons (Fsp3) is 0.562. The Bertz CT molecular complexity index is 493. The zero-order valence-electron chi connectivity index (χ0n) is 13.3. The number of carbonyl (C=O) groups is 1. The van der Waals surface area contributed by atoms with Crippen LogP contribution in [0.25, 0.3) is 0 Å². The van der Waals surface area contributed by atoms with Crippen molar-refractivity contribution in [2.75, 3.05) is 34.4 Å². The fourth-order valence-corrected chi connectivity index (χ4v) is 2.50. The van der Waals surface area contributed by atoms with Crippen LogP contribution in [0.3, 0.4) is 0 Å². The van der Waals surface area contributed by atoms with Crippen molar-refractivity contribution < 1.29 is 14.3 Å². The highest BCUT2D eigenvalue weighted by Crippen LogP contribution is 2.34. The van der Waals surface area contributed by atoms with Gasteiger partial charge in [-0.2, -0.15) is 0 Å². The predicted octanol–water partition coefficient (Wildman–Crippen LogP) is 4.28. The average Bonchev–Trinajstić information content (AvgIpc) is 2.47. The zero-order chi connectivity index (χ0) is 16.5. The van der Waals surface area contributed by atoms with E-state index in [4.69, 9.17) is 32.7 Å². The molecule has 0 bridgehead atoms. The van der Waals surface area contributed by atoms with Gasteiger partial charge in [0, 0.05) is 0 Å². The fourth-order valence-electron chi connectivity index (χ4n) is 2.04. The number of ether oxygens (including phenoxy) is 2. The third kappa shape index (κ3) is 6.03. The van der Waals surface area contributed by atoms with Gasteiger partial charge in [0.25, 0.3) is 0 Å². The summed E-state index contributed by atoms with van der Waals surface area (Å²) in [6.45, 7) is 1.45. The van der Waals surface area contributed by atoms with Crippen molar-refractivity contribution >= 4 is 29.2 Å². The lowest BCUT2D eigenvalue weighted by Gasteiger charge is -2.12. The standard InChI is InChI=1S/C16H23Cl2NO3/c1-19(2)10-6-4-5-7-11-22-16(20)14-12(17)8-9-13(18)15(14)21-3/h8-9H,4-7,10-11H2,1-3H3. The van der Waals surface area contributed by atoms with Gasteiger partial charge in [0.15, 0.2) is 5.75 Å². The minimum atomic E-state index is -0.502. The molecule has 0 spiro atoms. The van der Waals surface area contributed by atoms with Crippen LogP contribution in [0.15, 0.2) is 12.1 Å². The molecule has 1 aromatic carbocycles. The van der Waals surface area contributed by atoms with Crippen LogP contribution < -0.4 is 4.74 Å². The lowest BCUT2D eigenvalue weighted by atomic mass is 10.2. The Labute approximate surface area is 142 Å². The van der Waals surface area contributed by atoms with Crippen LogP contribution >= 0.6 is 23.2 Å². The summed E-state index contributed by atoms with van der Waals surface area (Å²) in [7, 11) is 5.56. The van der Waals surface area contributed by atoms with E-state index in [0.29, 0.717) is 11.6 Å². The molecule has 6 heteroatoms. The number of methoxy groups -OCH3 is 1. The van der Waals surface area contributed by atoms with Gasteiger partial charge >= 0.3 is 5.97 Å². The molecule has 0 aromatic heterocycles.